The number of nitrogens with zero attached hydrogens (tertiary/aromatic N) is 1. The van der Waals surface area contributed by atoms with Gasteiger partial charge in [-0.15, -0.1) is 0 Å². The van der Waals surface area contributed by atoms with Crippen LogP contribution in [0, 0.1) is 6.42 Å². The molecule has 0 saturated carbocycles. The van der Waals surface area contributed by atoms with Crippen LogP contribution in [0.5, 0.6) is 0 Å². The summed E-state index contributed by atoms with van der Waals surface area (Å²) in [6, 6.07) is 0. The Morgan fingerprint density at radius 1 is 1.44 bits per heavy atom. The molecule has 0 aromatic rings. The van der Waals surface area contributed by atoms with E-state index in [1.54, 1.807) is 7.05 Å². The summed E-state index contributed by atoms with van der Waals surface area (Å²) in [4.78, 5) is 22.4. The number of carbonyl (C=O) groups excluding carboxylic acids is 2. The fraction of sp³-hybridized carbons (Fsp3) is 0.167. The van der Waals surface area contributed by atoms with Crippen molar-refractivity contribution in [1.29, 1.82) is 0 Å². The van der Waals surface area contributed by atoms with Crippen LogP contribution in [0.2, 0.25) is 0 Å². The van der Waals surface area contributed by atoms with Gasteiger partial charge < -0.3 is 4.90 Å². The van der Waals surface area contributed by atoms with E-state index in [4.69, 9.17) is 0 Å². The lowest BCUT2D eigenvalue weighted by Crippen LogP contribution is -2.27. The van der Waals surface area contributed by atoms with Crippen LogP contribution in [0.25, 0.3) is 0 Å². The SMILES string of the molecule is CN1C=CC(=O)[CH]C1=O. The van der Waals surface area contributed by atoms with Gasteiger partial charge >= 0.3 is 0 Å². The summed E-state index contributed by atoms with van der Waals surface area (Å²) in [6.45, 7) is 0. The van der Waals surface area contributed by atoms with Crippen molar-refractivity contribution in [2.45, 2.75) is 0 Å². The van der Waals surface area contributed by atoms with Gasteiger partial charge in [-0.25, -0.2) is 0 Å². The molecule has 1 amide bonds. The molecule has 0 unspecified atom stereocenters. The standard InChI is InChI=1S/C6H6NO2/c1-7-3-2-5(8)4-6(7)9/h2-4H,1H3. The van der Waals surface area contributed by atoms with Crippen LogP contribution in [0.4, 0.5) is 0 Å². The molecule has 0 aromatic carbocycles. The summed E-state index contributed by atoms with van der Waals surface area (Å²) in [5.74, 6) is -0.499. The molecular weight excluding hydrogens is 118 g/mol. The summed E-state index contributed by atoms with van der Waals surface area (Å²) in [5.41, 5.74) is 0. The Morgan fingerprint density at radius 2 is 2.11 bits per heavy atom. The fourth-order valence-electron chi connectivity index (χ4n) is 0.530. The highest BCUT2D eigenvalue weighted by atomic mass is 16.2. The van der Waals surface area contributed by atoms with Crippen LogP contribution in [0.3, 0.4) is 0 Å². The van der Waals surface area contributed by atoms with Gasteiger partial charge in [-0.3, -0.25) is 9.59 Å². The van der Waals surface area contributed by atoms with E-state index in [2.05, 4.69) is 0 Å². The molecule has 0 bridgehead atoms. The third kappa shape index (κ3) is 1.16. The highest BCUT2D eigenvalue weighted by molar-refractivity contribution is 6.16. The molecule has 1 rings (SSSR count). The first kappa shape index (κ1) is 6.01. The molecule has 0 spiro atoms. The van der Waals surface area contributed by atoms with Crippen molar-refractivity contribution < 1.29 is 9.59 Å². The minimum Gasteiger partial charge on any atom is -0.321 e. The molecule has 0 saturated heterocycles. The number of amides is 1. The Morgan fingerprint density at radius 3 is 2.56 bits per heavy atom. The number of carbonyl (C=O) groups is 2. The second kappa shape index (κ2) is 2.01. The third-order valence-electron chi connectivity index (χ3n) is 1.08. The van der Waals surface area contributed by atoms with Crippen molar-refractivity contribution in [2.75, 3.05) is 7.05 Å². The Labute approximate surface area is 53.0 Å². The molecule has 47 valence electrons. The predicted octanol–water partition coefficient (Wildman–Crippen LogP) is -0.255. The first-order valence-corrected chi connectivity index (χ1v) is 2.54. The van der Waals surface area contributed by atoms with E-state index in [1.165, 1.54) is 17.2 Å². The zero-order valence-electron chi connectivity index (χ0n) is 5.00. The first-order valence-electron chi connectivity index (χ1n) is 2.54. The Balaban J connectivity index is 2.76. The summed E-state index contributed by atoms with van der Waals surface area (Å²) in [6.07, 6.45) is 3.85. The highest BCUT2D eigenvalue weighted by Crippen LogP contribution is 1.99. The molecule has 0 fully saturated rings. The molecule has 0 atom stereocenters. The van der Waals surface area contributed by atoms with Gasteiger partial charge in [0.15, 0.2) is 5.78 Å². The van der Waals surface area contributed by atoms with Crippen molar-refractivity contribution in [1.82, 2.24) is 4.90 Å². The summed E-state index contributed by atoms with van der Waals surface area (Å²) < 4.78 is 0. The Hall–Kier alpha value is -1.12. The predicted molar refractivity (Wildman–Crippen MR) is 31.2 cm³/mol. The van der Waals surface area contributed by atoms with Gasteiger partial charge in [-0.1, -0.05) is 0 Å². The van der Waals surface area contributed by atoms with Gasteiger partial charge in [0, 0.05) is 13.2 Å². The third-order valence-corrected chi connectivity index (χ3v) is 1.08. The van der Waals surface area contributed by atoms with Gasteiger partial charge in [0.1, 0.15) is 6.42 Å². The quantitative estimate of drug-likeness (QED) is 0.446. The largest absolute Gasteiger partial charge is 0.321 e. The summed E-state index contributed by atoms with van der Waals surface area (Å²) >= 11 is 0. The lowest BCUT2D eigenvalue weighted by atomic mass is 10.2. The van der Waals surface area contributed by atoms with Crippen LogP contribution < -0.4 is 0 Å². The van der Waals surface area contributed by atoms with Gasteiger partial charge in [-0.2, -0.15) is 0 Å². The van der Waals surface area contributed by atoms with Crippen LogP contribution in [0.1, 0.15) is 0 Å². The number of rotatable bonds is 0. The molecule has 1 aliphatic rings. The van der Waals surface area contributed by atoms with E-state index in [9.17, 15) is 9.59 Å². The van der Waals surface area contributed by atoms with E-state index in [-0.39, 0.29) is 11.7 Å². The molecule has 3 nitrogen and oxygen atoms in total. The molecule has 0 aromatic heterocycles. The fourth-order valence-corrected chi connectivity index (χ4v) is 0.530. The van der Waals surface area contributed by atoms with Gasteiger partial charge in [0.2, 0.25) is 5.91 Å². The molecule has 0 N–H and O–H groups in total. The second-order valence-electron chi connectivity index (χ2n) is 1.81. The minimum atomic E-state index is -0.262. The van der Waals surface area contributed by atoms with Crippen molar-refractivity contribution >= 4 is 11.7 Å². The summed E-state index contributed by atoms with van der Waals surface area (Å²) in [5, 5.41) is 0. The van der Waals surface area contributed by atoms with Gasteiger partial charge in [0.25, 0.3) is 0 Å². The number of ketones is 1. The van der Waals surface area contributed by atoms with Crippen LogP contribution >= 0.6 is 0 Å². The molecule has 3 heteroatoms. The maximum Gasteiger partial charge on any atom is 0.238 e. The summed E-state index contributed by atoms with van der Waals surface area (Å²) in [7, 11) is 1.60. The Bertz CT molecular complexity index is 183. The number of hydrogen-bond donors (Lipinski definition) is 0. The maximum absolute atomic E-state index is 10.6. The van der Waals surface area contributed by atoms with E-state index >= 15 is 0 Å². The van der Waals surface area contributed by atoms with E-state index in [1.807, 2.05) is 0 Å². The second-order valence-corrected chi connectivity index (χ2v) is 1.81. The lowest BCUT2D eigenvalue weighted by Gasteiger charge is -2.13. The average molecular weight is 124 g/mol. The van der Waals surface area contributed by atoms with Crippen molar-refractivity contribution in [2.24, 2.45) is 0 Å². The molecule has 1 heterocycles. The van der Waals surface area contributed by atoms with Crippen LogP contribution in [0.15, 0.2) is 12.3 Å². The average Bonchev–Trinajstić information content (AvgIpc) is 1.80. The van der Waals surface area contributed by atoms with E-state index in [0.29, 0.717) is 0 Å². The molecule has 0 aliphatic carbocycles. The van der Waals surface area contributed by atoms with E-state index < -0.39 is 0 Å². The van der Waals surface area contributed by atoms with E-state index in [0.717, 1.165) is 6.42 Å². The highest BCUT2D eigenvalue weighted by Gasteiger charge is 2.15. The lowest BCUT2D eigenvalue weighted by molar-refractivity contribution is -0.127. The topological polar surface area (TPSA) is 37.4 Å². The number of hydrogen-bond acceptors (Lipinski definition) is 2. The molecular formula is C6H6NO2. The minimum absolute atomic E-state index is 0.238. The van der Waals surface area contributed by atoms with Crippen LogP contribution in [-0.4, -0.2) is 23.6 Å². The maximum atomic E-state index is 10.6. The normalized spacial score (nSPS) is 19.0. The van der Waals surface area contributed by atoms with Crippen molar-refractivity contribution in [3.05, 3.63) is 18.7 Å². The molecule has 1 aliphatic heterocycles. The molecule has 9 heavy (non-hydrogen) atoms. The zero-order valence-corrected chi connectivity index (χ0v) is 5.00. The van der Waals surface area contributed by atoms with Crippen LogP contribution in [-0.2, 0) is 9.59 Å². The van der Waals surface area contributed by atoms with Gasteiger partial charge in [-0.05, 0) is 6.08 Å². The number of allylic oxidation sites excluding steroid dienone is 1. The first-order chi connectivity index (χ1) is 4.20. The smallest absolute Gasteiger partial charge is 0.238 e. The monoisotopic (exact) mass is 124 g/mol. The molecule has 1 radical (unpaired) electrons. The van der Waals surface area contributed by atoms with Gasteiger partial charge in [0.05, 0.1) is 0 Å². The van der Waals surface area contributed by atoms with Crippen molar-refractivity contribution in [3.8, 4) is 0 Å². The Kier molecular flexibility index (Phi) is 1.34. The van der Waals surface area contributed by atoms with Crippen molar-refractivity contribution in [3.63, 3.8) is 0 Å². The zero-order chi connectivity index (χ0) is 6.85.